The van der Waals surface area contributed by atoms with E-state index in [4.69, 9.17) is 0 Å². The molecule has 0 fully saturated rings. The summed E-state index contributed by atoms with van der Waals surface area (Å²) in [6.07, 6.45) is 11.5. The Kier molecular flexibility index (Phi) is 3.46. The third kappa shape index (κ3) is 2.54. The fourth-order valence-corrected chi connectivity index (χ4v) is 2.24. The molecule has 0 N–H and O–H groups in total. The van der Waals surface area contributed by atoms with E-state index >= 15 is 0 Å². The third-order valence-corrected chi connectivity index (χ3v) is 3.26. The van der Waals surface area contributed by atoms with Crippen LogP contribution < -0.4 is 0 Å². The topological polar surface area (TPSA) is 35.6 Å². The number of hydrogen-bond donors (Lipinski definition) is 0. The minimum Gasteiger partial charge on any atom is -0.261 e. The predicted octanol–water partition coefficient (Wildman–Crippen LogP) is 3.15. The Morgan fingerprint density at radius 2 is 1.80 bits per heavy atom. The number of rotatable bonds is 4. The van der Waals surface area contributed by atoms with Crippen LogP contribution in [0.5, 0.6) is 0 Å². The lowest BCUT2D eigenvalue weighted by Gasteiger charge is -2.16. The minimum atomic E-state index is 0.0652. The van der Waals surface area contributed by atoms with Gasteiger partial charge in [0.2, 0.25) is 0 Å². The molecule has 2 aromatic heterocycles. The Morgan fingerprint density at radius 1 is 1.00 bits per heavy atom. The molecule has 1 atom stereocenters. The first-order valence-corrected chi connectivity index (χ1v) is 6.57. The fraction of sp³-hybridized carbons (Fsp3) is 0.125. The number of aromatic nitrogens is 4. The molecule has 20 heavy (non-hydrogen) atoms. The zero-order valence-electron chi connectivity index (χ0n) is 11.3. The first-order chi connectivity index (χ1) is 9.84. The maximum Gasteiger partial charge on any atom is 0.0969 e. The highest BCUT2D eigenvalue weighted by molar-refractivity contribution is 5.36. The molecule has 3 aromatic rings. The van der Waals surface area contributed by atoms with E-state index in [0.717, 1.165) is 0 Å². The number of hydrogen-bond acceptors (Lipinski definition) is 2. The summed E-state index contributed by atoms with van der Waals surface area (Å²) in [4.78, 5) is 0. The lowest BCUT2D eigenvalue weighted by Crippen LogP contribution is -2.10. The first kappa shape index (κ1) is 12.4. The molecule has 0 bridgehead atoms. The van der Waals surface area contributed by atoms with Crippen LogP contribution in [-0.2, 0) is 0 Å². The van der Waals surface area contributed by atoms with Gasteiger partial charge in [-0.3, -0.25) is 4.68 Å². The van der Waals surface area contributed by atoms with Crippen LogP contribution in [0.1, 0.15) is 17.2 Å². The third-order valence-electron chi connectivity index (χ3n) is 3.26. The molecule has 0 saturated heterocycles. The predicted molar refractivity (Wildman–Crippen MR) is 79.1 cm³/mol. The molecule has 4 heteroatoms. The Morgan fingerprint density at radius 3 is 2.50 bits per heavy atom. The summed E-state index contributed by atoms with van der Waals surface area (Å²) < 4.78 is 3.73. The van der Waals surface area contributed by atoms with Crippen LogP contribution in [0.4, 0.5) is 0 Å². The van der Waals surface area contributed by atoms with Crippen LogP contribution in [0.15, 0.2) is 67.3 Å². The van der Waals surface area contributed by atoms with Crippen LogP contribution >= 0.6 is 0 Å². The van der Waals surface area contributed by atoms with E-state index in [-0.39, 0.29) is 6.04 Å². The van der Waals surface area contributed by atoms with Gasteiger partial charge >= 0.3 is 0 Å². The summed E-state index contributed by atoms with van der Waals surface area (Å²) >= 11 is 0. The summed E-state index contributed by atoms with van der Waals surface area (Å²) in [5.74, 6) is 0. The van der Waals surface area contributed by atoms with Crippen LogP contribution in [0.3, 0.4) is 0 Å². The van der Waals surface area contributed by atoms with E-state index in [1.807, 2.05) is 35.4 Å². The minimum absolute atomic E-state index is 0.0652. The van der Waals surface area contributed by atoms with Crippen molar-refractivity contribution in [2.75, 3.05) is 0 Å². The van der Waals surface area contributed by atoms with Crippen LogP contribution in [0, 0.1) is 6.92 Å². The van der Waals surface area contributed by atoms with Gasteiger partial charge in [0.15, 0.2) is 0 Å². The Bertz CT molecular complexity index is 681. The van der Waals surface area contributed by atoms with Crippen molar-refractivity contribution in [1.82, 2.24) is 19.6 Å². The van der Waals surface area contributed by atoms with Crippen molar-refractivity contribution >= 4 is 6.20 Å². The Balaban J connectivity index is 1.99. The summed E-state index contributed by atoms with van der Waals surface area (Å²) in [7, 11) is 0. The molecule has 0 amide bonds. The van der Waals surface area contributed by atoms with E-state index in [1.165, 1.54) is 11.1 Å². The molecule has 1 unspecified atom stereocenters. The van der Waals surface area contributed by atoms with Gasteiger partial charge in [0.25, 0.3) is 0 Å². The summed E-state index contributed by atoms with van der Waals surface area (Å²) in [5.41, 5.74) is 2.48. The molecule has 0 spiro atoms. The van der Waals surface area contributed by atoms with Gasteiger partial charge in [0.1, 0.15) is 0 Å². The number of nitrogens with zero attached hydrogens (tertiary/aromatic N) is 4. The molecule has 0 aliphatic carbocycles. The van der Waals surface area contributed by atoms with Gasteiger partial charge in [-0.2, -0.15) is 10.2 Å². The highest BCUT2D eigenvalue weighted by Crippen LogP contribution is 2.22. The molecular formula is C16H16N4. The molecule has 0 aliphatic heterocycles. The molecule has 0 aliphatic rings. The molecule has 0 radical (unpaired) electrons. The van der Waals surface area contributed by atoms with Crippen molar-refractivity contribution in [2.45, 2.75) is 13.0 Å². The zero-order chi connectivity index (χ0) is 13.8. The van der Waals surface area contributed by atoms with E-state index in [1.54, 1.807) is 17.1 Å². The van der Waals surface area contributed by atoms with Crippen molar-refractivity contribution in [2.24, 2.45) is 0 Å². The normalized spacial score (nSPS) is 12.8. The maximum atomic E-state index is 4.37. The van der Waals surface area contributed by atoms with Crippen molar-refractivity contribution in [3.63, 3.8) is 0 Å². The smallest absolute Gasteiger partial charge is 0.0969 e. The SMILES string of the molecule is Cc1ccccc1C(/C=C/n1cccn1)n1cccn1. The fourth-order valence-electron chi connectivity index (χ4n) is 2.24. The molecule has 2 heterocycles. The van der Waals surface area contributed by atoms with Gasteiger partial charge in [0, 0.05) is 31.0 Å². The van der Waals surface area contributed by atoms with Gasteiger partial charge in [-0.15, -0.1) is 0 Å². The number of allylic oxidation sites excluding steroid dienone is 1. The lowest BCUT2D eigenvalue weighted by atomic mass is 10.0. The standard InChI is InChI=1S/C16H16N4/c1-14-6-2-3-7-15(14)16(20-12-5-10-18-20)8-13-19-11-4-9-17-19/h2-13,16H,1H3/b13-8+. The molecule has 3 rings (SSSR count). The van der Waals surface area contributed by atoms with Crippen molar-refractivity contribution in [3.05, 3.63) is 78.4 Å². The number of benzene rings is 1. The quantitative estimate of drug-likeness (QED) is 0.725. The average molecular weight is 264 g/mol. The van der Waals surface area contributed by atoms with Gasteiger partial charge in [-0.1, -0.05) is 24.3 Å². The van der Waals surface area contributed by atoms with Crippen LogP contribution in [0.2, 0.25) is 0 Å². The highest BCUT2D eigenvalue weighted by atomic mass is 15.3. The molecule has 1 aromatic carbocycles. The first-order valence-electron chi connectivity index (χ1n) is 6.57. The lowest BCUT2D eigenvalue weighted by molar-refractivity contribution is 0.609. The van der Waals surface area contributed by atoms with Crippen molar-refractivity contribution in [1.29, 1.82) is 0 Å². The van der Waals surface area contributed by atoms with E-state index in [0.29, 0.717) is 0 Å². The van der Waals surface area contributed by atoms with Gasteiger partial charge in [-0.25, -0.2) is 4.68 Å². The monoisotopic (exact) mass is 264 g/mol. The summed E-state index contributed by atoms with van der Waals surface area (Å²) in [5, 5.41) is 8.56. The van der Waals surface area contributed by atoms with Gasteiger partial charge in [0.05, 0.1) is 6.04 Å². The second-order valence-corrected chi connectivity index (χ2v) is 4.62. The van der Waals surface area contributed by atoms with Gasteiger partial charge < -0.3 is 0 Å². The Hall–Kier alpha value is -2.62. The second-order valence-electron chi connectivity index (χ2n) is 4.62. The average Bonchev–Trinajstić information content (AvgIpc) is 3.14. The van der Waals surface area contributed by atoms with E-state index < -0.39 is 0 Å². The summed E-state index contributed by atoms with van der Waals surface area (Å²) in [6, 6.07) is 12.3. The molecule has 0 saturated carbocycles. The molecular weight excluding hydrogens is 248 g/mol. The second kappa shape index (κ2) is 5.57. The van der Waals surface area contributed by atoms with Crippen LogP contribution in [-0.4, -0.2) is 19.6 Å². The summed E-state index contributed by atoms with van der Waals surface area (Å²) in [6.45, 7) is 2.12. The molecule has 100 valence electrons. The maximum absolute atomic E-state index is 4.37. The largest absolute Gasteiger partial charge is 0.261 e. The van der Waals surface area contributed by atoms with E-state index in [2.05, 4.69) is 47.5 Å². The van der Waals surface area contributed by atoms with Crippen LogP contribution in [0.25, 0.3) is 6.20 Å². The highest BCUT2D eigenvalue weighted by Gasteiger charge is 2.12. The number of aryl methyl sites for hydroxylation is 1. The Labute approximate surface area is 118 Å². The van der Waals surface area contributed by atoms with Crippen molar-refractivity contribution < 1.29 is 0 Å². The van der Waals surface area contributed by atoms with E-state index in [9.17, 15) is 0 Å². The van der Waals surface area contributed by atoms with Crippen molar-refractivity contribution in [3.8, 4) is 0 Å². The zero-order valence-corrected chi connectivity index (χ0v) is 11.3. The molecule has 4 nitrogen and oxygen atoms in total. The van der Waals surface area contributed by atoms with Gasteiger partial charge in [-0.05, 0) is 36.3 Å².